The van der Waals surface area contributed by atoms with Crippen LogP contribution in [0.4, 0.5) is 0 Å². The molecule has 0 radical (unpaired) electrons. The Bertz CT molecular complexity index is 597. The number of para-hydroxylation sites is 1. The van der Waals surface area contributed by atoms with Crippen LogP contribution in [0.3, 0.4) is 0 Å². The molecule has 1 atom stereocenters. The van der Waals surface area contributed by atoms with Crippen molar-refractivity contribution in [2.24, 2.45) is 0 Å². The van der Waals surface area contributed by atoms with Crippen molar-refractivity contribution < 1.29 is 17.9 Å². The van der Waals surface area contributed by atoms with E-state index in [2.05, 4.69) is 0 Å². The molecule has 1 heterocycles. The molecule has 0 aliphatic carbocycles. The Morgan fingerprint density at radius 2 is 2.10 bits per heavy atom. The van der Waals surface area contributed by atoms with E-state index in [1.165, 1.54) is 4.90 Å². The van der Waals surface area contributed by atoms with Crippen LogP contribution >= 0.6 is 0 Å². The van der Waals surface area contributed by atoms with Crippen LogP contribution in [0.25, 0.3) is 0 Å². The molecule has 1 aliphatic heterocycles. The lowest BCUT2D eigenvalue weighted by atomic mass is 10.2. The Balaban J connectivity index is 1.91. The van der Waals surface area contributed by atoms with Crippen molar-refractivity contribution in [3.63, 3.8) is 0 Å². The summed E-state index contributed by atoms with van der Waals surface area (Å²) in [7, 11) is -1.35. The quantitative estimate of drug-likeness (QED) is 0.832. The van der Waals surface area contributed by atoms with Gasteiger partial charge in [-0.1, -0.05) is 18.2 Å². The molecule has 2 rings (SSSR count). The minimum atomic E-state index is -2.98. The largest absolute Gasteiger partial charge is 0.484 e. The van der Waals surface area contributed by atoms with Gasteiger partial charge >= 0.3 is 0 Å². The average Bonchev–Trinajstić information content (AvgIpc) is 2.77. The number of amides is 1. The fourth-order valence-corrected chi connectivity index (χ4v) is 4.02. The van der Waals surface area contributed by atoms with Gasteiger partial charge in [-0.2, -0.15) is 0 Å². The summed E-state index contributed by atoms with van der Waals surface area (Å²) in [6.07, 6.45) is 0.509. The van der Waals surface area contributed by atoms with E-state index in [1.54, 1.807) is 7.05 Å². The van der Waals surface area contributed by atoms with Gasteiger partial charge in [0.25, 0.3) is 5.91 Å². The van der Waals surface area contributed by atoms with Crippen LogP contribution < -0.4 is 4.74 Å². The zero-order chi connectivity index (χ0) is 14.8. The lowest BCUT2D eigenvalue weighted by Gasteiger charge is -2.23. The van der Waals surface area contributed by atoms with Crippen molar-refractivity contribution in [3.8, 4) is 5.75 Å². The molecule has 0 spiro atoms. The van der Waals surface area contributed by atoms with Gasteiger partial charge in [0.1, 0.15) is 5.75 Å². The average molecular weight is 297 g/mol. The molecule has 20 heavy (non-hydrogen) atoms. The van der Waals surface area contributed by atoms with E-state index >= 15 is 0 Å². The van der Waals surface area contributed by atoms with Crippen molar-refractivity contribution in [2.45, 2.75) is 19.4 Å². The van der Waals surface area contributed by atoms with Crippen LogP contribution in [0.5, 0.6) is 5.75 Å². The number of ether oxygens (including phenoxy) is 1. The summed E-state index contributed by atoms with van der Waals surface area (Å²) in [5.74, 6) is 0.691. The lowest BCUT2D eigenvalue weighted by molar-refractivity contribution is -0.133. The normalized spacial score (nSPS) is 20.6. The fourth-order valence-electron chi connectivity index (χ4n) is 2.24. The third-order valence-corrected chi connectivity index (χ3v) is 5.34. The highest BCUT2D eigenvalue weighted by Gasteiger charge is 2.32. The van der Waals surface area contributed by atoms with Gasteiger partial charge in [0.2, 0.25) is 0 Å². The van der Waals surface area contributed by atoms with E-state index in [1.807, 2.05) is 31.2 Å². The highest BCUT2D eigenvalue weighted by molar-refractivity contribution is 7.91. The highest BCUT2D eigenvalue weighted by atomic mass is 32.2. The van der Waals surface area contributed by atoms with Crippen molar-refractivity contribution in [1.82, 2.24) is 4.90 Å². The summed E-state index contributed by atoms with van der Waals surface area (Å²) in [5.41, 5.74) is 0.964. The second kappa shape index (κ2) is 5.83. The first kappa shape index (κ1) is 14.8. The van der Waals surface area contributed by atoms with Crippen LogP contribution in [-0.2, 0) is 14.6 Å². The first-order chi connectivity index (χ1) is 9.39. The fraction of sp³-hybridized carbons (Fsp3) is 0.500. The predicted octanol–water partition coefficient (Wildman–Crippen LogP) is 1.02. The summed E-state index contributed by atoms with van der Waals surface area (Å²) >= 11 is 0. The first-order valence-electron chi connectivity index (χ1n) is 6.53. The summed E-state index contributed by atoms with van der Waals surface area (Å²) in [5, 5.41) is 0. The Morgan fingerprint density at radius 1 is 1.40 bits per heavy atom. The Kier molecular flexibility index (Phi) is 4.32. The third-order valence-electron chi connectivity index (χ3n) is 3.59. The molecule has 0 aromatic heterocycles. The lowest BCUT2D eigenvalue weighted by Crippen LogP contribution is -2.40. The van der Waals surface area contributed by atoms with Gasteiger partial charge in [0.15, 0.2) is 16.4 Å². The standard InChI is InChI=1S/C14H19NO4S/c1-11-5-3-4-6-13(11)19-9-14(16)15(2)12-7-8-20(17,18)10-12/h3-6,12H,7-10H2,1-2H3. The Morgan fingerprint density at radius 3 is 2.70 bits per heavy atom. The van der Waals surface area contributed by atoms with Crippen LogP contribution in [0, 0.1) is 6.92 Å². The molecule has 5 nitrogen and oxygen atoms in total. The van der Waals surface area contributed by atoms with Gasteiger partial charge in [-0.25, -0.2) is 8.42 Å². The van der Waals surface area contributed by atoms with Crippen LogP contribution in [0.2, 0.25) is 0 Å². The molecule has 1 aromatic rings. The molecule has 1 aliphatic rings. The predicted molar refractivity (Wildman–Crippen MR) is 76.5 cm³/mol. The molecule has 1 fully saturated rings. The Hall–Kier alpha value is -1.56. The SMILES string of the molecule is Cc1ccccc1OCC(=O)N(C)C1CCS(=O)(=O)C1. The second-order valence-corrected chi connectivity index (χ2v) is 7.34. The maximum Gasteiger partial charge on any atom is 0.260 e. The smallest absolute Gasteiger partial charge is 0.260 e. The molecular formula is C14H19NO4S. The van der Waals surface area contributed by atoms with E-state index in [9.17, 15) is 13.2 Å². The zero-order valence-electron chi connectivity index (χ0n) is 11.7. The maximum atomic E-state index is 12.0. The minimum Gasteiger partial charge on any atom is -0.484 e. The number of benzene rings is 1. The molecule has 0 N–H and O–H groups in total. The maximum absolute atomic E-state index is 12.0. The van der Waals surface area contributed by atoms with Gasteiger partial charge in [0, 0.05) is 13.1 Å². The minimum absolute atomic E-state index is 0.0552. The zero-order valence-corrected chi connectivity index (χ0v) is 12.5. The molecule has 1 amide bonds. The topological polar surface area (TPSA) is 63.7 Å². The van der Waals surface area contributed by atoms with Gasteiger partial charge in [-0.3, -0.25) is 4.79 Å². The number of hydrogen-bond acceptors (Lipinski definition) is 4. The van der Waals surface area contributed by atoms with E-state index in [4.69, 9.17) is 4.74 Å². The molecule has 6 heteroatoms. The van der Waals surface area contributed by atoms with Gasteiger partial charge < -0.3 is 9.64 Å². The van der Waals surface area contributed by atoms with Crippen LogP contribution in [0.15, 0.2) is 24.3 Å². The number of likely N-dealkylation sites (N-methyl/N-ethyl adjacent to an activating group) is 1. The first-order valence-corrected chi connectivity index (χ1v) is 8.36. The summed E-state index contributed by atoms with van der Waals surface area (Å²) in [4.78, 5) is 13.5. The summed E-state index contributed by atoms with van der Waals surface area (Å²) in [6.45, 7) is 1.84. The number of hydrogen-bond donors (Lipinski definition) is 0. The van der Waals surface area contributed by atoms with E-state index in [-0.39, 0.29) is 30.1 Å². The second-order valence-electron chi connectivity index (χ2n) is 5.12. The number of carbonyl (C=O) groups excluding carboxylic acids is 1. The number of carbonyl (C=O) groups is 1. The number of nitrogens with zero attached hydrogens (tertiary/aromatic N) is 1. The van der Waals surface area contributed by atoms with E-state index in [0.29, 0.717) is 12.2 Å². The van der Waals surface area contributed by atoms with Crippen molar-refractivity contribution in [2.75, 3.05) is 25.2 Å². The molecule has 110 valence electrons. The van der Waals surface area contributed by atoms with E-state index < -0.39 is 9.84 Å². The van der Waals surface area contributed by atoms with Crippen molar-refractivity contribution in [3.05, 3.63) is 29.8 Å². The number of rotatable bonds is 4. The monoisotopic (exact) mass is 297 g/mol. The molecule has 0 saturated carbocycles. The van der Waals surface area contributed by atoms with Crippen molar-refractivity contribution in [1.29, 1.82) is 0 Å². The van der Waals surface area contributed by atoms with E-state index in [0.717, 1.165) is 5.56 Å². The van der Waals surface area contributed by atoms with Crippen LogP contribution in [0.1, 0.15) is 12.0 Å². The molecule has 1 saturated heterocycles. The molecule has 1 unspecified atom stereocenters. The molecular weight excluding hydrogens is 278 g/mol. The molecule has 1 aromatic carbocycles. The number of sulfone groups is 1. The summed E-state index contributed by atoms with van der Waals surface area (Å²) < 4.78 is 28.3. The highest BCUT2D eigenvalue weighted by Crippen LogP contribution is 2.18. The molecule has 0 bridgehead atoms. The van der Waals surface area contributed by atoms with Gasteiger partial charge in [0.05, 0.1) is 11.5 Å². The third kappa shape index (κ3) is 3.50. The van der Waals surface area contributed by atoms with Gasteiger partial charge in [-0.15, -0.1) is 0 Å². The summed E-state index contributed by atoms with van der Waals surface area (Å²) in [6, 6.07) is 7.24. The van der Waals surface area contributed by atoms with Gasteiger partial charge in [-0.05, 0) is 25.0 Å². The Labute approximate surface area is 119 Å². The van der Waals surface area contributed by atoms with Crippen LogP contribution in [-0.4, -0.2) is 50.4 Å². The van der Waals surface area contributed by atoms with Crippen molar-refractivity contribution >= 4 is 15.7 Å². The number of aryl methyl sites for hydroxylation is 1.